The molecule has 0 bridgehead atoms. The molecule has 2 heterocycles. The molecular formula is C39H58N2O11. The number of hydrogen-bond donors (Lipinski definition) is 4. The summed E-state index contributed by atoms with van der Waals surface area (Å²) in [6.07, 6.45) is -2.29. The first-order chi connectivity index (χ1) is 24.6. The summed E-state index contributed by atoms with van der Waals surface area (Å²) in [5.41, 5.74) is 2.27. The van der Waals surface area contributed by atoms with Crippen molar-refractivity contribution < 1.29 is 53.4 Å². The summed E-state index contributed by atoms with van der Waals surface area (Å²) in [7, 11) is 3.42. The lowest BCUT2D eigenvalue weighted by Gasteiger charge is -2.46. The van der Waals surface area contributed by atoms with Gasteiger partial charge in [0.25, 0.3) is 0 Å². The zero-order chi connectivity index (χ0) is 38.7. The van der Waals surface area contributed by atoms with Gasteiger partial charge < -0.3 is 44.0 Å². The van der Waals surface area contributed by atoms with Crippen LogP contribution < -0.4 is 5.32 Å². The number of aliphatic hydroxyl groups excluding tert-OH is 3. The van der Waals surface area contributed by atoms with Gasteiger partial charge in [0.05, 0.1) is 36.9 Å². The van der Waals surface area contributed by atoms with Crippen molar-refractivity contribution in [1.82, 2.24) is 4.90 Å². The topological polar surface area (TPSA) is 181 Å². The number of carbonyl (C=O) groups is 4. The Kier molecular flexibility index (Phi) is 16.6. The molecule has 0 spiro atoms. The van der Waals surface area contributed by atoms with E-state index in [1.165, 1.54) is 6.08 Å². The number of allylic oxidation sites excluding steroid dienone is 3. The molecular weight excluding hydrogens is 672 g/mol. The molecule has 12 atom stereocenters. The number of ether oxygens (including phenoxy) is 4. The second-order valence-electron chi connectivity index (χ2n) is 14.5. The van der Waals surface area contributed by atoms with E-state index >= 15 is 0 Å². The summed E-state index contributed by atoms with van der Waals surface area (Å²) >= 11 is 0. The van der Waals surface area contributed by atoms with E-state index in [0.29, 0.717) is 17.7 Å². The number of aldehydes is 1. The van der Waals surface area contributed by atoms with Gasteiger partial charge >= 0.3 is 12.1 Å². The van der Waals surface area contributed by atoms with Crippen LogP contribution in [-0.4, -0.2) is 114 Å². The van der Waals surface area contributed by atoms with Crippen LogP contribution in [0.5, 0.6) is 0 Å². The van der Waals surface area contributed by atoms with Gasteiger partial charge in [0.1, 0.15) is 25.1 Å². The molecule has 3 rings (SSSR count). The standard InChI is InChI=1S/C39H58N2O11/c1-9-32-28(21-49-39(48)40-29-13-10-22(2)11-14-29)18-23(3)12-15-30(43)24(4)19-27(16-17-42)37(25(5)31(44)20-33(45)51-32)52-38-36(47)34(41(7)8)35(46)26(6)50-38/h10-15,17-18,24-28,31-32,34-38,44,46-47H,9,16,19-21H2,1-8H3,(H,40,48)/b15-12+,23-18+/t24-,25+,26-,27+,28-,31-,32-,34+,35-,36-,37-,38+/m1/s1. The summed E-state index contributed by atoms with van der Waals surface area (Å²) in [6.45, 7) is 10.5. The predicted octanol–water partition coefficient (Wildman–Crippen LogP) is 3.97. The summed E-state index contributed by atoms with van der Waals surface area (Å²) in [5.74, 6) is -3.46. The average Bonchev–Trinajstić information content (AvgIpc) is 3.09. The van der Waals surface area contributed by atoms with Crippen molar-refractivity contribution in [2.45, 2.75) is 116 Å². The highest BCUT2D eigenvalue weighted by atomic mass is 16.7. The lowest BCUT2D eigenvalue weighted by molar-refractivity contribution is -0.304. The fourth-order valence-corrected chi connectivity index (χ4v) is 6.88. The average molecular weight is 731 g/mol. The van der Waals surface area contributed by atoms with Crippen LogP contribution in [0.25, 0.3) is 0 Å². The molecule has 0 aliphatic carbocycles. The summed E-state index contributed by atoms with van der Waals surface area (Å²) < 4.78 is 23.8. The van der Waals surface area contributed by atoms with E-state index in [9.17, 15) is 34.5 Å². The van der Waals surface area contributed by atoms with Crippen molar-refractivity contribution in [3.05, 3.63) is 53.6 Å². The number of nitrogens with one attached hydrogen (secondary N) is 1. The SMILES string of the molecule is CC[C@H]1OC(=O)C[C@@H](O)[C@H](C)[C@@H](O[C@@H]2O[C@H](C)[C@@H](O)[C@H](N(C)C)[C@H]2O)[C@@H](CC=O)C[C@@H](C)C(=O)/C=C/C(C)=C/[C@@H]1COC(=O)Nc1ccc(C)cc1. The maximum Gasteiger partial charge on any atom is 0.411 e. The van der Waals surface area contributed by atoms with Crippen LogP contribution in [-0.2, 0) is 33.3 Å². The van der Waals surface area contributed by atoms with Crippen molar-refractivity contribution in [2.75, 3.05) is 26.0 Å². The van der Waals surface area contributed by atoms with Crippen LogP contribution in [0.3, 0.4) is 0 Å². The van der Waals surface area contributed by atoms with Gasteiger partial charge in [-0.15, -0.1) is 0 Å². The Hall–Kier alpha value is -3.46. The smallest absolute Gasteiger partial charge is 0.411 e. The Labute approximate surface area is 307 Å². The Balaban J connectivity index is 1.92. The minimum Gasteiger partial charge on any atom is -0.462 e. The molecule has 13 heteroatoms. The number of anilines is 1. The number of carbonyl (C=O) groups excluding carboxylic acids is 4. The van der Waals surface area contributed by atoms with Crippen LogP contribution in [0, 0.1) is 30.6 Å². The maximum absolute atomic E-state index is 13.4. The molecule has 4 N–H and O–H groups in total. The fourth-order valence-electron chi connectivity index (χ4n) is 6.88. The van der Waals surface area contributed by atoms with Gasteiger partial charge in [0, 0.05) is 29.9 Å². The van der Waals surface area contributed by atoms with Crippen molar-refractivity contribution >= 4 is 29.8 Å². The zero-order valence-corrected chi connectivity index (χ0v) is 31.6. The number of likely N-dealkylation sites (N-methyl/N-ethyl adjacent to an activating group) is 1. The van der Waals surface area contributed by atoms with Gasteiger partial charge in [-0.2, -0.15) is 0 Å². The molecule has 1 fully saturated rings. The predicted molar refractivity (Wildman–Crippen MR) is 194 cm³/mol. The van der Waals surface area contributed by atoms with E-state index in [4.69, 9.17) is 18.9 Å². The lowest BCUT2D eigenvalue weighted by Crippen LogP contribution is -2.63. The van der Waals surface area contributed by atoms with Gasteiger partial charge in [0.15, 0.2) is 12.1 Å². The van der Waals surface area contributed by atoms with E-state index in [1.807, 2.05) is 26.0 Å². The molecule has 0 radical (unpaired) electrons. The third-order valence-corrected chi connectivity index (χ3v) is 10.1. The molecule has 0 unspecified atom stereocenters. The first-order valence-corrected chi connectivity index (χ1v) is 18.1. The highest BCUT2D eigenvalue weighted by Gasteiger charge is 2.47. The van der Waals surface area contributed by atoms with Crippen LogP contribution in [0.2, 0.25) is 0 Å². The summed E-state index contributed by atoms with van der Waals surface area (Å²) in [5, 5.41) is 36.2. The van der Waals surface area contributed by atoms with E-state index in [1.54, 1.807) is 71.0 Å². The van der Waals surface area contributed by atoms with Crippen molar-refractivity contribution in [2.24, 2.45) is 23.7 Å². The number of aryl methyl sites for hydroxylation is 1. The number of ketones is 1. The Bertz CT molecular complexity index is 1400. The number of hydrogen-bond acceptors (Lipinski definition) is 12. The van der Waals surface area contributed by atoms with Gasteiger partial charge in [-0.1, -0.05) is 56.2 Å². The quantitative estimate of drug-likeness (QED) is 0.213. The molecule has 1 amide bonds. The van der Waals surface area contributed by atoms with Crippen molar-refractivity contribution in [3.63, 3.8) is 0 Å². The van der Waals surface area contributed by atoms with Crippen LogP contribution in [0.4, 0.5) is 10.5 Å². The van der Waals surface area contributed by atoms with E-state index < -0.39 is 91.1 Å². The van der Waals surface area contributed by atoms with Crippen molar-refractivity contribution in [3.8, 4) is 0 Å². The number of rotatable bonds is 9. The molecule has 0 aromatic heterocycles. The second-order valence-corrected chi connectivity index (χ2v) is 14.5. The van der Waals surface area contributed by atoms with Crippen molar-refractivity contribution in [1.29, 1.82) is 0 Å². The fraction of sp³-hybridized carbons (Fsp3) is 0.641. The number of nitrogens with zero attached hydrogens (tertiary/aromatic N) is 1. The Morgan fingerprint density at radius 1 is 1.04 bits per heavy atom. The summed E-state index contributed by atoms with van der Waals surface area (Å²) in [6, 6.07) is 6.49. The van der Waals surface area contributed by atoms with Crippen LogP contribution in [0.1, 0.15) is 65.9 Å². The molecule has 0 saturated carbocycles. The van der Waals surface area contributed by atoms with Gasteiger partial charge in [-0.3, -0.25) is 14.9 Å². The number of benzene rings is 1. The summed E-state index contributed by atoms with van der Waals surface area (Å²) in [4.78, 5) is 53.2. The number of esters is 1. The lowest BCUT2D eigenvalue weighted by atomic mass is 9.79. The molecule has 1 aromatic rings. The Morgan fingerprint density at radius 3 is 2.33 bits per heavy atom. The normalized spacial score (nSPS) is 35.6. The second kappa shape index (κ2) is 20.1. The molecule has 2 aliphatic heterocycles. The first-order valence-electron chi connectivity index (χ1n) is 18.1. The third-order valence-electron chi connectivity index (χ3n) is 10.1. The minimum atomic E-state index is -1.32. The van der Waals surface area contributed by atoms with Gasteiger partial charge in [0.2, 0.25) is 0 Å². The molecule has 1 aromatic carbocycles. The van der Waals surface area contributed by atoms with E-state index in [0.717, 1.165) is 11.8 Å². The third kappa shape index (κ3) is 12.0. The highest BCUT2D eigenvalue weighted by Crippen LogP contribution is 2.34. The number of amides is 1. The molecule has 1 saturated heterocycles. The Morgan fingerprint density at radius 2 is 1.71 bits per heavy atom. The maximum atomic E-state index is 13.4. The van der Waals surface area contributed by atoms with Gasteiger partial charge in [-0.25, -0.2) is 4.79 Å². The van der Waals surface area contributed by atoms with E-state index in [2.05, 4.69) is 5.32 Å². The largest absolute Gasteiger partial charge is 0.462 e. The minimum absolute atomic E-state index is 0.0262. The molecule has 13 nitrogen and oxygen atoms in total. The number of aliphatic hydroxyl groups is 3. The highest BCUT2D eigenvalue weighted by molar-refractivity contribution is 5.91. The zero-order valence-electron chi connectivity index (χ0n) is 31.6. The van der Waals surface area contributed by atoms with Crippen LogP contribution >= 0.6 is 0 Å². The molecule has 52 heavy (non-hydrogen) atoms. The monoisotopic (exact) mass is 730 g/mol. The first kappa shape index (κ1) is 42.9. The molecule has 290 valence electrons. The van der Waals surface area contributed by atoms with Crippen LogP contribution in [0.15, 0.2) is 48.1 Å². The molecule has 2 aliphatic rings. The van der Waals surface area contributed by atoms with E-state index in [-0.39, 0.29) is 25.2 Å². The number of cyclic esters (lactones) is 1. The van der Waals surface area contributed by atoms with Gasteiger partial charge in [-0.05, 0) is 71.8 Å².